The molecule has 94 valence electrons. The van der Waals surface area contributed by atoms with Crippen molar-refractivity contribution in [3.63, 3.8) is 0 Å². The van der Waals surface area contributed by atoms with Crippen LogP contribution in [0.4, 0.5) is 0 Å². The second kappa shape index (κ2) is 4.86. The summed E-state index contributed by atoms with van der Waals surface area (Å²) >= 11 is 5.93. The number of nitrogens with zero attached hydrogens (tertiary/aromatic N) is 1. The molecule has 0 saturated carbocycles. The van der Waals surface area contributed by atoms with Crippen molar-refractivity contribution in [3.8, 4) is 5.69 Å². The molecule has 0 aliphatic carbocycles. The Kier molecular flexibility index (Phi) is 3.43. The molecule has 0 amide bonds. The van der Waals surface area contributed by atoms with Crippen LogP contribution in [-0.4, -0.2) is 15.6 Å². The lowest BCUT2D eigenvalue weighted by molar-refractivity contribution is 0.0696. The summed E-state index contributed by atoms with van der Waals surface area (Å²) in [6, 6.07) is 7.22. The first-order valence-electron chi connectivity index (χ1n) is 5.74. The first-order chi connectivity index (χ1) is 8.54. The highest BCUT2D eigenvalue weighted by Gasteiger charge is 2.15. The van der Waals surface area contributed by atoms with Gasteiger partial charge in [-0.2, -0.15) is 0 Å². The maximum Gasteiger partial charge on any atom is 0.337 e. The molecule has 0 spiro atoms. The van der Waals surface area contributed by atoms with E-state index in [1.54, 1.807) is 12.3 Å². The lowest BCUT2D eigenvalue weighted by atomic mass is 10.1. The Morgan fingerprint density at radius 3 is 2.67 bits per heavy atom. The number of hydrogen-bond acceptors (Lipinski definition) is 1. The summed E-state index contributed by atoms with van der Waals surface area (Å²) in [6.45, 7) is 3.91. The molecule has 0 radical (unpaired) electrons. The molecular formula is C14H14ClNO2. The van der Waals surface area contributed by atoms with Gasteiger partial charge in [0.2, 0.25) is 0 Å². The van der Waals surface area contributed by atoms with Gasteiger partial charge in [-0.25, -0.2) is 4.79 Å². The third-order valence-corrected chi connectivity index (χ3v) is 3.21. The Hall–Kier alpha value is -1.74. The van der Waals surface area contributed by atoms with Crippen LogP contribution >= 0.6 is 11.6 Å². The minimum atomic E-state index is -0.891. The van der Waals surface area contributed by atoms with Crippen LogP contribution in [0.1, 0.15) is 28.5 Å². The normalized spacial score (nSPS) is 10.6. The zero-order valence-electron chi connectivity index (χ0n) is 10.3. The van der Waals surface area contributed by atoms with Crippen LogP contribution in [0.25, 0.3) is 5.69 Å². The van der Waals surface area contributed by atoms with Gasteiger partial charge in [0.05, 0.1) is 5.56 Å². The zero-order chi connectivity index (χ0) is 13.3. The number of aromatic carboxylic acids is 1. The van der Waals surface area contributed by atoms with Crippen LogP contribution in [0.5, 0.6) is 0 Å². The minimum Gasteiger partial charge on any atom is -0.478 e. The number of aromatic nitrogens is 1. The van der Waals surface area contributed by atoms with Crippen LogP contribution in [0.3, 0.4) is 0 Å². The standard InChI is InChI=1S/C14H14ClNO2/c1-3-12-11(14(17)18)6-7-16(12)13-5-4-10(15)8-9(13)2/h4-8H,3H2,1-2H3,(H,17,18). The first kappa shape index (κ1) is 12.7. The Morgan fingerprint density at radius 1 is 1.39 bits per heavy atom. The molecule has 3 nitrogen and oxygen atoms in total. The highest BCUT2D eigenvalue weighted by molar-refractivity contribution is 6.30. The molecule has 1 N–H and O–H groups in total. The monoisotopic (exact) mass is 263 g/mol. The molecule has 0 aliphatic rings. The number of halogens is 1. The zero-order valence-corrected chi connectivity index (χ0v) is 11.0. The minimum absolute atomic E-state index is 0.354. The largest absolute Gasteiger partial charge is 0.478 e. The van der Waals surface area contributed by atoms with Crippen molar-refractivity contribution in [2.45, 2.75) is 20.3 Å². The van der Waals surface area contributed by atoms with Crippen LogP contribution in [0.2, 0.25) is 5.02 Å². The van der Waals surface area contributed by atoms with Crippen molar-refractivity contribution in [2.24, 2.45) is 0 Å². The van der Waals surface area contributed by atoms with E-state index in [1.807, 2.05) is 36.6 Å². The highest BCUT2D eigenvalue weighted by Crippen LogP contribution is 2.23. The van der Waals surface area contributed by atoms with Gasteiger partial charge < -0.3 is 9.67 Å². The quantitative estimate of drug-likeness (QED) is 0.917. The van der Waals surface area contributed by atoms with E-state index >= 15 is 0 Å². The SMILES string of the molecule is CCc1c(C(=O)O)ccn1-c1ccc(Cl)cc1C. The van der Waals surface area contributed by atoms with E-state index in [-0.39, 0.29) is 0 Å². The molecular weight excluding hydrogens is 250 g/mol. The number of benzene rings is 1. The van der Waals surface area contributed by atoms with E-state index < -0.39 is 5.97 Å². The molecule has 0 atom stereocenters. The van der Waals surface area contributed by atoms with Gasteiger partial charge in [0.1, 0.15) is 0 Å². The molecule has 0 unspecified atom stereocenters. The fourth-order valence-corrected chi connectivity index (χ4v) is 2.36. The van der Waals surface area contributed by atoms with Gasteiger partial charge in [-0.1, -0.05) is 18.5 Å². The average Bonchev–Trinajstić information content (AvgIpc) is 2.72. The first-order valence-corrected chi connectivity index (χ1v) is 6.12. The van der Waals surface area contributed by atoms with Gasteiger partial charge in [0.15, 0.2) is 0 Å². The molecule has 4 heteroatoms. The number of rotatable bonds is 3. The van der Waals surface area contributed by atoms with E-state index in [9.17, 15) is 4.79 Å². The number of carboxylic acid groups (broad SMARTS) is 1. The van der Waals surface area contributed by atoms with Gasteiger partial charge >= 0.3 is 5.97 Å². The van der Waals surface area contributed by atoms with Crippen LogP contribution < -0.4 is 0 Å². The molecule has 2 aromatic rings. The maximum absolute atomic E-state index is 11.1. The Morgan fingerprint density at radius 2 is 2.11 bits per heavy atom. The molecule has 0 bridgehead atoms. The van der Waals surface area contributed by atoms with Crippen LogP contribution in [0.15, 0.2) is 30.5 Å². The van der Waals surface area contributed by atoms with Gasteiger partial charge in [0.25, 0.3) is 0 Å². The number of aryl methyl sites for hydroxylation is 1. The molecule has 2 rings (SSSR count). The van der Waals surface area contributed by atoms with Crippen molar-refractivity contribution in [1.29, 1.82) is 0 Å². The highest BCUT2D eigenvalue weighted by atomic mass is 35.5. The maximum atomic E-state index is 11.1. The number of hydrogen-bond donors (Lipinski definition) is 1. The molecule has 1 heterocycles. The van der Waals surface area contributed by atoms with Crippen molar-refractivity contribution < 1.29 is 9.90 Å². The molecule has 0 fully saturated rings. The smallest absolute Gasteiger partial charge is 0.337 e. The second-order valence-electron chi connectivity index (χ2n) is 4.14. The van der Waals surface area contributed by atoms with E-state index in [4.69, 9.17) is 16.7 Å². The lowest BCUT2D eigenvalue weighted by Gasteiger charge is -2.12. The molecule has 0 aliphatic heterocycles. The van der Waals surface area contributed by atoms with Gasteiger partial charge in [-0.05, 0) is 43.2 Å². The summed E-state index contributed by atoms with van der Waals surface area (Å²) in [5, 5.41) is 9.82. The topological polar surface area (TPSA) is 42.2 Å². The van der Waals surface area contributed by atoms with E-state index in [1.165, 1.54) is 0 Å². The van der Waals surface area contributed by atoms with E-state index in [0.717, 1.165) is 16.9 Å². The fourth-order valence-electron chi connectivity index (χ4n) is 2.14. The Labute approximate surface area is 111 Å². The Balaban J connectivity index is 2.60. The average molecular weight is 264 g/mol. The van der Waals surface area contributed by atoms with Crippen LogP contribution in [-0.2, 0) is 6.42 Å². The van der Waals surface area contributed by atoms with Gasteiger partial charge in [-0.15, -0.1) is 0 Å². The number of carbonyl (C=O) groups is 1. The summed E-state index contributed by atoms with van der Waals surface area (Å²) < 4.78 is 1.91. The summed E-state index contributed by atoms with van der Waals surface area (Å²) in [6.07, 6.45) is 2.45. The second-order valence-corrected chi connectivity index (χ2v) is 4.57. The van der Waals surface area contributed by atoms with E-state index in [0.29, 0.717) is 17.0 Å². The van der Waals surface area contributed by atoms with Gasteiger partial charge in [-0.3, -0.25) is 0 Å². The van der Waals surface area contributed by atoms with Crippen molar-refractivity contribution in [2.75, 3.05) is 0 Å². The van der Waals surface area contributed by atoms with Crippen molar-refractivity contribution in [3.05, 3.63) is 52.3 Å². The predicted molar refractivity (Wildman–Crippen MR) is 71.9 cm³/mol. The van der Waals surface area contributed by atoms with Gasteiger partial charge in [0, 0.05) is 22.6 Å². The summed E-state index contributed by atoms with van der Waals surface area (Å²) in [5.41, 5.74) is 3.13. The molecule has 1 aromatic heterocycles. The molecule has 1 aromatic carbocycles. The third kappa shape index (κ3) is 2.14. The molecule has 0 saturated heterocycles. The fraction of sp³-hybridized carbons (Fsp3) is 0.214. The summed E-state index contributed by atoms with van der Waals surface area (Å²) in [4.78, 5) is 11.1. The van der Waals surface area contributed by atoms with Crippen molar-refractivity contribution in [1.82, 2.24) is 4.57 Å². The Bertz CT molecular complexity index is 602. The third-order valence-electron chi connectivity index (χ3n) is 2.98. The predicted octanol–water partition coefficient (Wildman–Crippen LogP) is 3.70. The summed E-state index contributed by atoms with van der Waals surface area (Å²) in [5.74, 6) is -0.891. The van der Waals surface area contributed by atoms with Crippen LogP contribution in [0, 0.1) is 6.92 Å². The number of carboxylic acids is 1. The van der Waals surface area contributed by atoms with Crippen molar-refractivity contribution >= 4 is 17.6 Å². The summed E-state index contributed by atoms with van der Waals surface area (Å²) in [7, 11) is 0. The molecule has 18 heavy (non-hydrogen) atoms. The van der Waals surface area contributed by atoms with E-state index in [2.05, 4.69) is 0 Å². The lowest BCUT2D eigenvalue weighted by Crippen LogP contribution is -2.05.